The van der Waals surface area contributed by atoms with E-state index >= 15 is 0 Å². The SMILES string of the molecule is COc1ccccc1NC(=O)COC(=O)c1ccc(N2CCOCC2)c([N+](=O)[O-])c1. The first kappa shape index (κ1) is 21.1. The standard InChI is InChI=1S/C20H21N3O7/c1-28-18-5-3-2-4-15(18)21-19(24)13-30-20(25)14-6-7-16(17(12-14)23(26)27)22-8-10-29-11-9-22/h2-7,12H,8-11,13H2,1H3,(H,21,24). The Labute approximate surface area is 172 Å². The third-order valence-electron chi connectivity index (χ3n) is 4.48. The van der Waals surface area contributed by atoms with E-state index in [1.807, 2.05) is 4.90 Å². The number of carbonyl (C=O) groups excluding carboxylic acids is 2. The summed E-state index contributed by atoms with van der Waals surface area (Å²) in [7, 11) is 1.47. The van der Waals surface area contributed by atoms with Crippen molar-refractivity contribution in [3.63, 3.8) is 0 Å². The van der Waals surface area contributed by atoms with Crippen LogP contribution in [0.5, 0.6) is 5.75 Å². The first-order valence-electron chi connectivity index (χ1n) is 9.20. The molecule has 10 nitrogen and oxygen atoms in total. The minimum absolute atomic E-state index is 0.0104. The van der Waals surface area contributed by atoms with E-state index in [0.29, 0.717) is 43.4 Å². The van der Waals surface area contributed by atoms with Gasteiger partial charge in [-0.2, -0.15) is 0 Å². The molecule has 1 saturated heterocycles. The van der Waals surface area contributed by atoms with Crippen molar-refractivity contribution in [3.8, 4) is 5.75 Å². The fraction of sp³-hybridized carbons (Fsp3) is 0.300. The molecular formula is C20H21N3O7. The summed E-state index contributed by atoms with van der Waals surface area (Å²) < 4.78 is 15.4. The van der Waals surface area contributed by atoms with E-state index in [-0.39, 0.29) is 11.3 Å². The Morgan fingerprint density at radius 3 is 2.63 bits per heavy atom. The van der Waals surface area contributed by atoms with Gasteiger partial charge in [-0.15, -0.1) is 0 Å². The van der Waals surface area contributed by atoms with Crippen molar-refractivity contribution < 1.29 is 28.7 Å². The van der Waals surface area contributed by atoms with Crippen LogP contribution in [-0.2, 0) is 14.3 Å². The molecule has 1 aliphatic heterocycles. The molecule has 1 aliphatic rings. The lowest BCUT2D eigenvalue weighted by atomic mass is 10.1. The number of nitro groups is 1. The maximum absolute atomic E-state index is 12.3. The Balaban J connectivity index is 1.65. The number of amides is 1. The molecule has 0 saturated carbocycles. The molecular weight excluding hydrogens is 394 g/mol. The minimum atomic E-state index is -0.832. The van der Waals surface area contributed by atoms with Crippen molar-refractivity contribution in [2.24, 2.45) is 0 Å². The zero-order valence-corrected chi connectivity index (χ0v) is 16.3. The number of morpholine rings is 1. The summed E-state index contributed by atoms with van der Waals surface area (Å²) in [6.45, 7) is 1.45. The van der Waals surface area contributed by atoms with Gasteiger partial charge in [0, 0.05) is 19.2 Å². The molecule has 30 heavy (non-hydrogen) atoms. The number of nitrogens with one attached hydrogen (secondary N) is 1. The Morgan fingerprint density at radius 1 is 1.20 bits per heavy atom. The summed E-state index contributed by atoms with van der Waals surface area (Å²) in [5.41, 5.74) is 0.633. The third kappa shape index (κ3) is 5.03. The average molecular weight is 415 g/mol. The molecule has 0 aromatic heterocycles. The Kier molecular flexibility index (Phi) is 6.81. The highest BCUT2D eigenvalue weighted by molar-refractivity contribution is 5.97. The number of hydrogen-bond acceptors (Lipinski definition) is 8. The van der Waals surface area contributed by atoms with Crippen molar-refractivity contribution in [2.45, 2.75) is 0 Å². The topological polar surface area (TPSA) is 120 Å². The second-order valence-electron chi connectivity index (χ2n) is 6.38. The zero-order chi connectivity index (χ0) is 21.5. The van der Waals surface area contributed by atoms with Crippen LogP contribution in [0.4, 0.5) is 17.1 Å². The predicted octanol–water partition coefficient (Wildman–Crippen LogP) is 2.24. The Bertz CT molecular complexity index is 942. The number of benzene rings is 2. The smallest absolute Gasteiger partial charge is 0.338 e. The van der Waals surface area contributed by atoms with Crippen molar-refractivity contribution in [3.05, 3.63) is 58.1 Å². The van der Waals surface area contributed by atoms with Crippen molar-refractivity contribution in [1.29, 1.82) is 0 Å². The lowest BCUT2D eigenvalue weighted by molar-refractivity contribution is -0.384. The van der Waals surface area contributed by atoms with Crippen LogP contribution < -0.4 is 15.0 Å². The minimum Gasteiger partial charge on any atom is -0.495 e. The van der Waals surface area contributed by atoms with Gasteiger partial charge in [0.25, 0.3) is 11.6 Å². The largest absolute Gasteiger partial charge is 0.495 e. The van der Waals surface area contributed by atoms with Crippen molar-refractivity contribution in [1.82, 2.24) is 0 Å². The van der Waals surface area contributed by atoms with Gasteiger partial charge in [-0.05, 0) is 24.3 Å². The van der Waals surface area contributed by atoms with E-state index in [1.54, 1.807) is 24.3 Å². The maximum atomic E-state index is 12.3. The maximum Gasteiger partial charge on any atom is 0.338 e. The van der Waals surface area contributed by atoms with E-state index in [1.165, 1.54) is 19.2 Å². The van der Waals surface area contributed by atoms with Crippen LogP contribution in [0.15, 0.2) is 42.5 Å². The van der Waals surface area contributed by atoms with E-state index in [9.17, 15) is 19.7 Å². The quantitative estimate of drug-likeness (QED) is 0.415. The average Bonchev–Trinajstić information content (AvgIpc) is 2.78. The molecule has 2 aromatic carbocycles. The van der Waals surface area contributed by atoms with Crippen LogP contribution in [0.2, 0.25) is 0 Å². The van der Waals surface area contributed by atoms with Crippen LogP contribution >= 0.6 is 0 Å². The van der Waals surface area contributed by atoms with E-state index < -0.39 is 23.4 Å². The van der Waals surface area contributed by atoms with Crippen molar-refractivity contribution in [2.75, 3.05) is 50.2 Å². The lowest BCUT2D eigenvalue weighted by Crippen LogP contribution is -2.36. The summed E-state index contributed by atoms with van der Waals surface area (Å²) in [5.74, 6) is -0.930. The molecule has 0 aliphatic carbocycles. The van der Waals surface area contributed by atoms with Crippen molar-refractivity contribution >= 4 is 28.9 Å². The van der Waals surface area contributed by atoms with Gasteiger partial charge in [0.2, 0.25) is 0 Å². The second-order valence-corrected chi connectivity index (χ2v) is 6.38. The number of hydrogen-bond donors (Lipinski definition) is 1. The Hall–Kier alpha value is -3.66. The number of ether oxygens (including phenoxy) is 3. The predicted molar refractivity (Wildman–Crippen MR) is 108 cm³/mol. The highest BCUT2D eigenvalue weighted by Gasteiger charge is 2.24. The first-order valence-corrected chi connectivity index (χ1v) is 9.20. The molecule has 3 rings (SSSR count). The summed E-state index contributed by atoms with van der Waals surface area (Å²) in [6.07, 6.45) is 0. The van der Waals surface area contributed by atoms with Crippen LogP contribution in [0.1, 0.15) is 10.4 Å². The fourth-order valence-corrected chi connectivity index (χ4v) is 3.02. The third-order valence-corrected chi connectivity index (χ3v) is 4.48. The normalized spacial score (nSPS) is 13.4. The second kappa shape index (κ2) is 9.70. The van der Waals surface area contributed by atoms with Gasteiger partial charge < -0.3 is 24.4 Å². The highest BCUT2D eigenvalue weighted by atomic mass is 16.6. The molecule has 1 heterocycles. The van der Waals surface area contributed by atoms with Gasteiger partial charge in [-0.25, -0.2) is 4.79 Å². The number of nitrogens with zero attached hydrogens (tertiary/aromatic N) is 2. The van der Waals surface area contributed by atoms with Gasteiger partial charge >= 0.3 is 5.97 Å². The van der Waals surface area contributed by atoms with E-state index in [4.69, 9.17) is 14.2 Å². The van der Waals surface area contributed by atoms with Gasteiger partial charge in [-0.3, -0.25) is 14.9 Å². The number of esters is 1. The van der Waals surface area contributed by atoms with Gasteiger partial charge in [0.15, 0.2) is 6.61 Å². The van der Waals surface area contributed by atoms with Crippen LogP contribution in [0.25, 0.3) is 0 Å². The molecule has 2 aromatic rings. The van der Waals surface area contributed by atoms with E-state index in [0.717, 1.165) is 6.07 Å². The molecule has 1 N–H and O–H groups in total. The Morgan fingerprint density at radius 2 is 1.93 bits per heavy atom. The molecule has 0 bridgehead atoms. The van der Waals surface area contributed by atoms with Gasteiger partial charge in [-0.1, -0.05) is 12.1 Å². The molecule has 158 valence electrons. The molecule has 0 atom stereocenters. The lowest BCUT2D eigenvalue weighted by Gasteiger charge is -2.28. The summed E-state index contributed by atoms with van der Waals surface area (Å²) >= 11 is 0. The van der Waals surface area contributed by atoms with Crippen LogP contribution in [-0.4, -0.2) is 56.8 Å². The van der Waals surface area contributed by atoms with Crippen LogP contribution in [0, 0.1) is 10.1 Å². The monoisotopic (exact) mass is 415 g/mol. The molecule has 0 spiro atoms. The fourth-order valence-electron chi connectivity index (χ4n) is 3.02. The van der Waals surface area contributed by atoms with Gasteiger partial charge in [0.1, 0.15) is 11.4 Å². The summed E-state index contributed by atoms with van der Waals surface area (Å²) in [6, 6.07) is 10.9. The van der Waals surface area contributed by atoms with Gasteiger partial charge in [0.05, 0.1) is 36.5 Å². The number of carbonyl (C=O) groups is 2. The zero-order valence-electron chi connectivity index (χ0n) is 16.3. The molecule has 1 fully saturated rings. The van der Waals surface area contributed by atoms with Crippen LogP contribution in [0.3, 0.4) is 0 Å². The number of nitro benzene ring substituents is 1. The number of rotatable bonds is 7. The molecule has 0 unspecified atom stereocenters. The summed E-state index contributed by atoms with van der Waals surface area (Å²) in [4.78, 5) is 37.2. The molecule has 10 heteroatoms. The summed E-state index contributed by atoms with van der Waals surface area (Å²) in [5, 5.41) is 14.1. The number of para-hydroxylation sites is 2. The number of methoxy groups -OCH3 is 1. The van der Waals surface area contributed by atoms with E-state index in [2.05, 4.69) is 5.32 Å². The first-order chi connectivity index (χ1) is 14.5. The molecule has 0 radical (unpaired) electrons. The number of anilines is 2. The molecule has 1 amide bonds. The highest BCUT2D eigenvalue weighted by Crippen LogP contribution is 2.30.